The smallest absolute Gasteiger partial charge is 0.120 e. The monoisotopic (exact) mass is 333 g/mol. The van der Waals surface area contributed by atoms with E-state index in [0.29, 0.717) is 6.61 Å². The van der Waals surface area contributed by atoms with Crippen molar-refractivity contribution in [2.24, 2.45) is 0 Å². The Bertz CT molecular complexity index is 575. The molecule has 0 unspecified atom stereocenters. The molecule has 0 spiro atoms. The van der Waals surface area contributed by atoms with Crippen molar-refractivity contribution in [2.75, 3.05) is 7.05 Å². The molecule has 20 heavy (non-hydrogen) atoms. The highest BCUT2D eigenvalue weighted by Crippen LogP contribution is 2.23. The Morgan fingerprint density at radius 1 is 1.05 bits per heavy atom. The zero-order chi connectivity index (χ0) is 14.5. The molecule has 0 fully saturated rings. The Labute approximate surface area is 129 Å². The molecule has 2 rings (SSSR count). The topological polar surface area (TPSA) is 21.3 Å². The summed E-state index contributed by atoms with van der Waals surface area (Å²) in [5, 5.41) is 3.16. The fourth-order valence-corrected chi connectivity index (χ4v) is 2.67. The molecule has 0 aliphatic carbocycles. The van der Waals surface area contributed by atoms with Crippen LogP contribution in [0.3, 0.4) is 0 Å². The lowest BCUT2D eigenvalue weighted by atomic mass is 10.1. The summed E-state index contributed by atoms with van der Waals surface area (Å²) in [6.07, 6.45) is 0. The van der Waals surface area contributed by atoms with Crippen molar-refractivity contribution in [1.82, 2.24) is 5.32 Å². The fourth-order valence-electron chi connectivity index (χ4n) is 2.29. The summed E-state index contributed by atoms with van der Waals surface area (Å²) in [5.41, 5.74) is 4.96. The second kappa shape index (κ2) is 6.91. The number of benzene rings is 2. The summed E-state index contributed by atoms with van der Waals surface area (Å²) in [4.78, 5) is 0. The van der Waals surface area contributed by atoms with Gasteiger partial charge in [-0.3, -0.25) is 0 Å². The minimum atomic E-state index is 0.600. The maximum atomic E-state index is 5.90. The zero-order valence-electron chi connectivity index (χ0n) is 12.2. The molecule has 0 heterocycles. The maximum absolute atomic E-state index is 5.90. The van der Waals surface area contributed by atoms with Gasteiger partial charge in [-0.1, -0.05) is 45.3 Å². The number of rotatable bonds is 5. The van der Waals surface area contributed by atoms with Crippen molar-refractivity contribution in [3.05, 3.63) is 63.1 Å². The second-order valence-electron chi connectivity index (χ2n) is 5.07. The molecule has 0 saturated heterocycles. The van der Waals surface area contributed by atoms with E-state index >= 15 is 0 Å². The molecule has 0 radical (unpaired) electrons. The molecule has 2 aromatic rings. The van der Waals surface area contributed by atoms with E-state index in [2.05, 4.69) is 59.4 Å². The number of ether oxygens (including phenoxy) is 1. The molecular weight excluding hydrogens is 314 g/mol. The molecule has 106 valence electrons. The third kappa shape index (κ3) is 4.09. The fraction of sp³-hybridized carbons (Fsp3) is 0.294. The molecule has 0 aliphatic heterocycles. The SMILES string of the molecule is CNCc1cc(OCc2cc(C)cc(C)c2)ccc1Br. The van der Waals surface area contributed by atoms with Gasteiger partial charge in [0.25, 0.3) is 0 Å². The molecule has 0 aliphatic rings. The first-order valence-electron chi connectivity index (χ1n) is 6.71. The molecule has 0 aromatic heterocycles. The number of halogens is 1. The summed E-state index contributed by atoms with van der Waals surface area (Å²) >= 11 is 3.55. The predicted molar refractivity (Wildman–Crippen MR) is 87.2 cm³/mol. The van der Waals surface area contributed by atoms with Crippen molar-refractivity contribution in [3.63, 3.8) is 0 Å². The van der Waals surface area contributed by atoms with Crippen molar-refractivity contribution >= 4 is 15.9 Å². The number of hydrogen-bond acceptors (Lipinski definition) is 2. The summed E-state index contributed by atoms with van der Waals surface area (Å²) in [5.74, 6) is 0.901. The molecule has 0 saturated carbocycles. The van der Waals surface area contributed by atoms with E-state index in [1.165, 1.54) is 22.3 Å². The Morgan fingerprint density at radius 3 is 2.40 bits per heavy atom. The van der Waals surface area contributed by atoms with Gasteiger partial charge in [0, 0.05) is 11.0 Å². The van der Waals surface area contributed by atoms with Gasteiger partial charge in [0.1, 0.15) is 12.4 Å². The third-order valence-corrected chi connectivity index (χ3v) is 3.85. The van der Waals surface area contributed by atoms with E-state index in [1.807, 2.05) is 19.2 Å². The average Bonchev–Trinajstić information content (AvgIpc) is 2.39. The van der Waals surface area contributed by atoms with Crippen LogP contribution < -0.4 is 10.1 Å². The van der Waals surface area contributed by atoms with E-state index < -0.39 is 0 Å². The van der Waals surface area contributed by atoms with Crippen LogP contribution in [-0.4, -0.2) is 7.05 Å². The zero-order valence-corrected chi connectivity index (χ0v) is 13.8. The van der Waals surface area contributed by atoms with Crippen LogP contribution in [0.1, 0.15) is 22.3 Å². The van der Waals surface area contributed by atoms with Crippen LogP contribution >= 0.6 is 15.9 Å². The van der Waals surface area contributed by atoms with Crippen LogP contribution in [0.25, 0.3) is 0 Å². The quantitative estimate of drug-likeness (QED) is 0.877. The maximum Gasteiger partial charge on any atom is 0.120 e. The lowest BCUT2D eigenvalue weighted by molar-refractivity contribution is 0.305. The van der Waals surface area contributed by atoms with Crippen LogP contribution in [0.5, 0.6) is 5.75 Å². The highest BCUT2D eigenvalue weighted by molar-refractivity contribution is 9.10. The number of hydrogen-bond donors (Lipinski definition) is 1. The van der Waals surface area contributed by atoms with Crippen molar-refractivity contribution in [3.8, 4) is 5.75 Å². The second-order valence-corrected chi connectivity index (χ2v) is 5.92. The Balaban J connectivity index is 2.08. The minimum absolute atomic E-state index is 0.600. The molecule has 1 N–H and O–H groups in total. The van der Waals surface area contributed by atoms with Crippen LogP contribution in [0.2, 0.25) is 0 Å². The van der Waals surface area contributed by atoms with E-state index in [-0.39, 0.29) is 0 Å². The first-order valence-corrected chi connectivity index (χ1v) is 7.51. The van der Waals surface area contributed by atoms with Crippen molar-refractivity contribution < 1.29 is 4.74 Å². The summed E-state index contributed by atoms with van der Waals surface area (Å²) < 4.78 is 7.00. The minimum Gasteiger partial charge on any atom is -0.489 e. The first-order chi connectivity index (χ1) is 9.58. The number of aryl methyl sites for hydroxylation is 2. The molecule has 2 nitrogen and oxygen atoms in total. The highest BCUT2D eigenvalue weighted by Gasteiger charge is 2.03. The van der Waals surface area contributed by atoms with E-state index in [4.69, 9.17) is 4.74 Å². The van der Waals surface area contributed by atoms with Gasteiger partial charge in [-0.05, 0) is 50.2 Å². The lowest BCUT2D eigenvalue weighted by Crippen LogP contribution is -2.06. The van der Waals surface area contributed by atoms with Gasteiger partial charge in [-0.25, -0.2) is 0 Å². The molecule has 0 amide bonds. The van der Waals surface area contributed by atoms with Crippen LogP contribution in [0.15, 0.2) is 40.9 Å². The van der Waals surface area contributed by atoms with E-state index in [9.17, 15) is 0 Å². The van der Waals surface area contributed by atoms with Gasteiger partial charge >= 0.3 is 0 Å². The van der Waals surface area contributed by atoms with Crippen LogP contribution in [0, 0.1) is 13.8 Å². The molecule has 0 bridgehead atoms. The normalized spacial score (nSPS) is 10.6. The Kier molecular flexibility index (Phi) is 5.21. The number of nitrogens with one attached hydrogen (secondary N) is 1. The summed E-state index contributed by atoms with van der Waals surface area (Å²) in [6.45, 7) is 5.65. The van der Waals surface area contributed by atoms with Gasteiger partial charge < -0.3 is 10.1 Å². The van der Waals surface area contributed by atoms with Crippen LogP contribution in [-0.2, 0) is 13.2 Å². The van der Waals surface area contributed by atoms with E-state index in [0.717, 1.165) is 16.8 Å². The van der Waals surface area contributed by atoms with Gasteiger partial charge in [-0.15, -0.1) is 0 Å². The third-order valence-electron chi connectivity index (χ3n) is 3.07. The Morgan fingerprint density at radius 2 is 1.75 bits per heavy atom. The largest absolute Gasteiger partial charge is 0.489 e. The van der Waals surface area contributed by atoms with Crippen molar-refractivity contribution in [2.45, 2.75) is 27.0 Å². The molecule has 3 heteroatoms. The molecular formula is C17H20BrNO. The average molecular weight is 334 g/mol. The Hall–Kier alpha value is -1.32. The van der Waals surface area contributed by atoms with E-state index in [1.54, 1.807) is 0 Å². The van der Waals surface area contributed by atoms with Crippen LogP contribution in [0.4, 0.5) is 0 Å². The highest BCUT2D eigenvalue weighted by atomic mass is 79.9. The van der Waals surface area contributed by atoms with Crippen molar-refractivity contribution in [1.29, 1.82) is 0 Å². The molecule has 2 aromatic carbocycles. The summed E-state index contributed by atoms with van der Waals surface area (Å²) in [7, 11) is 1.94. The summed E-state index contributed by atoms with van der Waals surface area (Å²) in [6, 6.07) is 12.6. The molecule has 0 atom stereocenters. The van der Waals surface area contributed by atoms with Gasteiger partial charge in [0.2, 0.25) is 0 Å². The van der Waals surface area contributed by atoms with Gasteiger partial charge in [-0.2, -0.15) is 0 Å². The van der Waals surface area contributed by atoms with Gasteiger partial charge in [0.15, 0.2) is 0 Å². The standard InChI is InChI=1S/C17H20BrNO/c1-12-6-13(2)8-14(7-12)11-20-16-4-5-17(18)15(9-16)10-19-3/h4-9,19H,10-11H2,1-3H3. The van der Waals surface area contributed by atoms with Gasteiger partial charge in [0.05, 0.1) is 0 Å². The first kappa shape index (κ1) is 15.1. The lowest BCUT2D eigenvalue weighted by Gasteiger charge is -2.11. The predicted octanol–water partition coefficient (Wildman–Crippen LogP) is 4.36.